The smallest absolute Gasteiger partial charge is 0.0978 e. The van der Waals surface area contributed by atoms with Crippen LogP contribution in [0.5, 0.6) is 0 Å². The Balaban J connectivity index is 0.00000176. The molecule has 0 fully saturated rings. The van der Waals surface area contributed by atoms with E-state index in [-0.39, 0.29) is 0 Å². The summed E-state index contributed by atoms with van der Waals surface area (Å²) < 4.78 is 5.93. The molecule has 2 aliphatic carbocycles. The summed E-state index contributed by atoms with van der Waals surface area (Å²) in [6.07, 6.45) is 14.3. The van der Waals surface area contributed by atoms with Crippen molar-refractivity contribution in [2.24, 2.45) is 5.92 Å². The Morgan fingerprint density at radius 2 is 2.04 bits per heavy atom. The summed E-state index contributed by atoms with van der Waals surface area (Å²) >= 11 is 0. The maximum Gasteiger partial charge on any atom is 0.0978 e. The van der Waals surface area contributed by atoms with Crippen LogP contribution in [-0.2, 0) is 4.74 Å². The molecule has 0 spiro atoms. The van der Waals surface area contributed by atoms with Gasteiger partial charge in [-0.05, 0) is 42.4 Å². The minimum absolute atomic E-state index is 0.387. The molecule has 146 valence electrons. The molecule has 0 saturated carbocycles. The van der Waals surface area contributed by atoms with Crippen LogP contribution in [0.3, 0.4) is 0 Å². The highest BCUT2D eigenvalue weighted by Gasteiger charge is 2.25. The SMILES string of the molecule is C=C/C=C\C1=C(C)CC2=C(CC=C2)/C1=C(/C#N)COCC(CC)CC.CC. The molecule has 0 aromatic carbocycles. The number of allylic oxidation sites excluding steroid dienone is 10. The summed E-state index contributed by atoms with van der Waals surface area (Å²) in [6.45, 7) is 15.4. The number of hydrogen-bond acceptors (Lipinski definition) is 2. The van der Waals surface area contributed by atoms with Gasteiger partial charge in [0.2, 0.25) is 0 Å². The van der Waals surface area contributed by atoms with E-state index in [2.05, 4.69) is 51.6 Å². The van der Waals surface area contributed by atoms with Crippen molar-refractivity contribution in [1.29, 1.82) is 5.26 Å². The zero-order valence-electron chi connectivity index (χ0n) is 17.8. The number of nitriles is 1. The number of rotatable bonds is 8. The minimum Gasteiger partial charge on any atom is -0.376 e. The monoisotopic (exact) mass is 365 g/mol. The molecule has 0 aromatic heterocycles. The molecule has 2 heteroatoms. The Morgan fingerprint density at radius 1 is 1.33 bits per heavy atom. The lowest BCUT2D eigenvalue weighted by atomic mass is 9.81. The van der Waals surface area contributed by atoms with Gasteiger partial charge in [0.05, 0.1) is 18.2 Å². The fraction of sp³-hybridized carbons (Fsp3) is 0.480. The molecule has 0 radical (unpaired) electrons. The Kier molecular flexibility index (Phi) is 10.5. The van der Waals surface area contributed by atoms with E-state index < -0.39 is 0 Å². The van der Waals surface area contributed by atoms with Crippen LogP contribution in [0.15, 0.2) is 70.4 Å². The first-order chi connectivity index (χ1) is 13.2. The van der Waals surface area contributed by atoms with E-state index in [1.54, 1.807) is 6.08 Å². The predicted molar refractivity (Wildman–Crippen MR) is 116 cm³/mol. The van der Waals surface area contributed by atoms with E-state index in [0.29, 0.717) is 12.5 Å². The van der Waals surface area contributed by atoms with Gasteiger partial charge in [-0.3, -0.25) is 0 Å². The van der Waals surface area contributed by atoms with Crippen molar-refractivity contribution in [2.45, 2.75) is 60.3 Å². The number of nitrogens with zero attached hydrogens (tertiary/aromatic N) is 1. The second kappa shape index (κ2) is 12.3. The van der Waals surface area contributed by atoms with Gasteiger partial charge in [0, 0.05) is 12.2 Å². The molecular weight excluding hydrogens is 330 g/mol. The molecule has 0 N–H and O–H groups in total. The quantitative estimate of drug-likeness (QED) is 0.342. The predicted octanol–water partition coefficient (Wildman–Crippen LogP) is 7.00. The highest BCUT2D eigenvalue weighted by atomic mass is 16.5. The van der Waals surface area contributed by atoms with Crippen molar-refractivity contribution in [3.05, 3.63) is 70.4 Å². The van der Waals surface area contributed by atoms with Crippen molar-refractivity contribution >= 4 is 0 Å². The van der Waals surface area contributed by atoms with Crippen LogP contribution in [0.4, 0.5) is 0 Å². The second-order valence-corrected chi connectivity index (χ2v) is 6.74. The molecule has 0 amide bonds. The summed E-state index contributed by atoms with van der Waals surface area (Å²) in [4.78, 5) is 0. The van der Waals surface area contributed by atoms with E-state index in [9.17, 15) is 5.26 Å². The summed E-state index contributed by atoms with van der Waals surface area (Å²) in [5.74, 6) is 0.566. The first-order valence-corrected chi connectivity index (χ1v) is 10.2. The zero-order valence-corrected chi connectivity index (χ0v) is 17.8. The van der Waals surface area contributed by atoms with Crippen LogP contribution in [0, 0.1) is 17.2 Å². The van der Waals surface area contributed by atoms with Gasteiger partial charge in [0.15, 0.2) is 0 Å². The Bertz CT molecular complexity index is 703. The van der Waals surface area contributed by atoms with Gasteiger partial charge in [-0.15, -0.1) is 0 Å². The molecule has 2 rings (SSSR count). The van der Waals surface area contributed by atoms with Gasteiger partial charge < -0.3 is 4.74 Å². The standard InChI is InChI=1S/C23H29NO.C2H6/c1-5-8-11-21-17(4)13-19-10-9-12-22(19)23(21)20(14-24)16-25-15-18(6-2)7-3;1-2/h5,8-11,18H,1,6-7,12-13,15-16H2,2-4H3;1-2H3/b11-8-,23-20-;. The van der Waals surface area contributed by atoms with Gasteiger partial charge in [-0.1, -0.05) is 83.1 Å². The summed E-state index contributed by atoms with van der Waals surface area (Å²) in [5.41, 5.74) is 6.91. The lowest BCUT2D eigenvalue weighted by molar-refractivity contribution is 0.116. The van der Waals surface area contributed by atoms with E-state index in [0.717, 1.165) is 49.0 Å². The summed E-state index contributed by atoms with van der Waals surface area (Å²) in [6, 6.07) is 2.42. The van der Waals surface area contributed by atoms with Crippen molar-refractivity contribution in [1.82, 2.24) is 0 Å². The topological polar surface area (TPSA) is 33.0 Å². The lowest BCUT2D eigenvalue weighted by Gasteiger charge is -2.24. The van der Waals surface area contributed by atoms with Crippen molar-refractivity contribution < 1.29 is 4.74 Å². The molecule has 0 saturated heterocycles. The molecule has 27 heavy (non-hydrogen) atoms. The van der Waals surface area contributed by atoms with Gasteiger partial charge in [-0.2, -0.15) is 5.26 Å². The fourth-order valence-electron chi connectivity index (χ4n) is 3.48. The van der Waals surface area contributed by atoms with Crippen LogP contribution in [-0.4, -0.2) is 13.2 Å². The molecule has 0 aliphatic heterocycles. The molecule has 0 unspecified atom stereocenters. The van der Waals surface area contributed by atoms with Crippen LogP contribution < -0.4 is 0 Å². The molecule has 0 aromatic rings. The lowest BCUT2D eigenvalue weighted by Crippen LogP contribution is -2.12. The van der Waals surface area contributed by atoms with Crippen LogP contribution in [0.25, 0.3) is 0 Å². The molecular formula is C25H35NO. The van der Waals surface area contributed by atoms with Crippen LogP contribution in [0.1, 0.15) is 60.3 Å². The van der Waals surface area contributed by atoms with Crippen molar-refractivity contribution in [3.8, 4) is 6.07 Å². The maximum absolute atomic E-state index is 9.81. The van der Waals surface area contributed by atoms with E-state index in [1.807, 2.05) is 19.9 Å². The fourth-order valence-corrected chi connectivity index (χ4v) is 3.48. The molecule has 2 nitrogen and oxygen atoms in total. The Hall–Kier alpha value is -2.11. The highest BCUT2D eigenvalue weighted by Crippen LogP contribution is 2.41. The normalized spacial score (nSPS) is 17.8. The maximum atomic E-state index is 9.81. The summed E-state index contributed by atoms with van der Waals surface area (Å²) in [5, 5.41) is 9.81. The van der Waals surface area contributed by atoms with Gasteiger partial charge in [0.1, 0.15) is 0 Å². The first kappa shape index (κ1) is 22.9. The average molecular weight is 366 g/mol. The Labute approximate surface area is 166 Å². The third-order valence-electron chi connectivity index (χ3n) is 5.11. The van der Waals surface area contributed by atoms with Crippen LogP contribution >= 0.6 is 0 Å². The second-order valence-electron chi connectivity index (χ2n) is 6.74. The molecule has 2 aliphatic rings. The number of hydrogen-bond donors (Lipinski definition) is 0. The van der Waals surface area contributed by atoms with Gasteiger partial charge in [0.25, 0.3) is 0 Å². The zero-order chi connectivity index (χ0) is 20.2. The third-order valence-corrected chi connectivity index (χ3v) is 5.11. The first-order valence-electron chi connectivity index (χ1n) is 10.2. The van der Waals surface area contributed by atoms with E-state index in [1.165, 1.54) is 16.7 Å². The van der Waals surface area contributed by atoms with E-state index >= 15 is 0 Å². The minimum atomic E-state index is 0.387. The van der Waals surface area contributed by atoms with Gasteiger partial charge in [-0.25, -0.2) is 0 Å². The molecule has 0 bridgehead atoms. The van der Waals surface area contributed by atoms with Crippen molar-refractivity contribution in [3.63, 3.8) is 0 Å². The van der Waals surface area contributed by atoms with E-state index in [4.69, 9.17) is 4.74 Å². The summed E-state index contributed by atoms with van der Waals surface area (Å²) in [7, 11) is 0. The van der Waals surface area contributed by atoms with Crippen molar-refractivity contribution in [2.75, 3.05) is 13.2 Å². The molecule has 0 atom stereocenters. The third kappa shape index (κ3) is 5.94. The molecule has 0 heterocycles. The Morgan fingerprint density at radius 3 is 2.63 bits per heavy atom. The van der Waals surface area contributed by atoms with Gasteiger partial charge >= 0.3 is 0 Å². The van der Waals surface area contributed by atoms with Crippen LogP contribution in [0.2, 0.25) is 0 Å². The average Bonchev–Trinajstić information content (AvgIpc) is 3.16. The number of ether oxygens (including phenoxy) is 1. The highest BCUT2D eigenvalue weighted by molar-refractivity contribution is 5.66. The largest absolute Gasteiger partial charge is 0.376 e.